The van der Waals surface area contributed by atoms with E-state index in [0.29, 0.717) is 25.7 Å². The Balaban J connectivity index is 4.67. The van der Waals surface area contributed by atoms with Crippen LogP contribution in [0.25, 0.3) is 0 Å². The molecule has 0 aromatic heterocycles. The van der Waals surface area contributed by atoms with Crippen molar-refractivity contribution in [1.29, 1.82) is 0 Å². The molecule has 0 bridgehead atoms. The summed E-state index contributed by atoms with van der Waals surface area (Å²) in [5, 5.41) is 19.2. The van der Waals surface area contributed by atoms with Crippen molar-refractivity contribution < 1.29 is 66.7 Å². The number of phosphoric ester groups is 2. The summed E-state index contributed by atoms with van der Waals surface area (Å²) in [5.74, 6) is -0.398. The summed E-state index contributed by atoms with van der Waals surface area (Å²) in [5.41, 5.74) is 0. The van der Waals surface area contributed by atoms with E-state index in [1.165, 1.54) is 19.3 Å². The summed E-state index contributed by atoms with van der Waals surface area (Å²) in [6.45, 7) is 3.56. The normalized spacial score (nSPS) is 16.0. The summed E-state index contributed by atoms with van der Waals surface area (Å²) in [6.07, 6.45) is 29.2. The summed E-state index contributed by atoms with van der Waals surface area (Å²) < 4.78 is 47.5. The van der Waals surface area contributed by atoms with Crippen molar-refractivity contribution in [3.8, 4) is 0 Å². The van der Waals surface area contributed by atoms with Crippen molar-refractivity contribution in [2.24, 2.45) is 5.92 Å². The molecular weight excluding hydrogens is 754 g/mol. The van der Waals surface area contributed by atoms with Gasteiger partial charge in [0.05, 0.1) is 25.9 Å². The molecule has 0 saturated carbocycles. The first kappa shape index (κ1) is 52.8. The fraction of sp³-hybridized carbons (Fsp3) is 0.692. The summed E-state index contributed by atoms with van der Waals surface area (Å²) in [7, 11) is -9.69. The number of hydrogen-bond donors (Lipinski definition) is 5. The second-order valence-corrected chi connectivity index (χ2v) is 16.0. The van der Waals surface area contributed by atoms with Crippen LogP contribution in [0.2, 0.25) is 0 Å². The molecule has 14 nitrogen and oxygen atoms in total. The molecule has 0 saturated heterocycles. The van der Waals surface area contributed by atoms with Gasteiger partial charge in [0.25, 0.3) is 0 Å². The second-order valence-electron chi connectivity index (χ2n) is 13.3. The van der Waals surface area contributed by atoms with E-state index < -0.39 is 72.3 Å². The van der Waals surface area contributed by atoms with E-state index in [2.05, 4.69) is 47.2 Å². The molecule has 0 aromatic carbocycles. The average Bonchev–Trinajstić information content (AvgIpc) is 3.14. The van der Waals surface area contributed by atoms with Gasteiger partial charge in [-0.3, -0.25) is 23.2 Å². The molecule has 0 radical (unpaired) electrons. The minimum Gasteiger partial charge on any atom is -0.462 e. The number of phosphoric acid groups is 2. The highest BCUT2D eigenvalue weighted by atomic mass is 31.2. The summed E-state index contributed by atoms with van der Waals surface area (Å²) in [6, 6.07) is 0. The maximum atomic E-state index is 12.6. The van der Waals surface area contributed by atoms with Gasteiger partial charge < -0.3 is 34.4 Å². The number of aliphatic hydroxyl groups is 2. The van der Waals surface area contributed by atoms with Crippen LogP contribution in [0.1, 0.15) is 124 Å². The first-order valence-electron chi connectivity index (χ1n) is 19.5. The van der Waals surface area contributed by atoms with Gasteiger partial charge in [-0.05, 0) is 50.9 Å². The fourth-order valence-electron chi connectivity index (χ4n) is 4.60. The number of carbonyl (C=O) groups is 2. The number of hydrogen-bond acceptors (Lipinski definition) is 11. The quantitative estimate of drug-likeness (QED) is 0.0134. The van der Waals surface area contributed by atoms with E-state index in [-0.39, 0.29) is 12.8 Å². The zero-order chi connectivity index (χ0) is 41.2. The van der Waals surface area contributed by atoms with Gasteiger partial charge in [-0.25, -0.2) is 9.13 Å². The number of unbranched alkanes of at least 4 members (excludes halogenated alkanes) is 6. The lowest BCUT2D eigenvalue weighted by Crippen LogP contribution is -2.30. The Morgan fingerprint density at radius 2 is 1.20 bits per heavy atom. The van der Waals surface area contributed by atoms with Gasteiger partial charge in [0.15, 0.2) is 6.10 Å². The number of carbonyl (C=O) groups excluding carboxylic acids is 2. The Bertz CT molecular complexity index is 1240. The third-order valence-electron chi connectivity index (χ3n) is 8.11. The van der Waals surface area contributed by atoms with Crippen molar-refractivity contribution in [2.75, 3.05) is 26.4 Å². The van der Waals surface area contributed by atoms with Gasteiger partial charge in [-0.15, -0.1) is 0 Å². The molecule has 0 aromatic rings. The standard InChI is InChI=1S/C39H68O14P2/c1-4-34(3)26-22-18-16-17-21-25-29-39(43)53-37(33-52-55(47,48)51-31-36(41)30-50-54(44,45)46)32-49-38(42)28-24-20-15-13-11-9-7-6-8-10-12-14-19-23-27-35(40)5-2/h7-10,13-15,19,23,27,34-37,40-41H,4-6,11-12,16-18,20-22,24-26,28-33H2,1-3H3,(H,47,48)(H2,44,45,46)/b9-7-,10-8-,15-13-,19-14-,27-23+/t34?,35-,36-,37+/m0/s1. The largest absolute Gasteiger partial charge is 0.472 e. The van der Waals surface area contributed by atoms with Crippen LogP contribution in [0.4, 0.5) is 0 Å². The topological polar surface area (TPSA) is 216 Å². The lowest BCUT2D eigenvalue weighted by Gasteiger charge is -2.20. The Hall–Kier alpha value is -2.22. The molecule has 5 atom stereocenters. The first-order chi connectivity index (χ1) is 26.2. The minimum absolute atomic E-state index is 0.101. The third kappa shape index (κ3) is 37.1. The van der Waals surface area contributed by atoms with E-state index in [1.807, 2.05) is 37.3 Å². The third-order valence-corrected chi connectivity index (χ3v) is 9.54. The van der Waals surface area contributed by atoms with Crippen LogP contribution in [-0.4, -0.2) is 81.6 Å². The molecule has 16 heteroatoms. The molecule has 2 unspecified atom stereocenters. The molecule has 0 aliphatic carbocycles. The number of esters is 2. The van der Waals surface area contributed by atoms with Crippen LogP contribution in [0, 0.1) is 5.92 Å². The van der Waals surface area contributed by atoms with Crippen molar-refractivity contribution >= 4 is 27.6 Å². The maximum Gasteiger partial charge on any atom is 0.472 e. The number of allylic oxidation sites excluding steroid dienone is 9. The highest BCUT2D eigenvalue weighted by Gasteiger charge is 2.28. The second kappa shape index (κ2) is 33.9. The van der Waals surface area contributed by atoms with E-state index in [1.54, 1.807) is 6.08 Å². The van der Waals surface area contributed by atoms with Crippen LogP contribution in [-0.2, 0) is 41.8 Å². The summed E-state index contributed by atoms with van der Waals surface area (Å²) in [4.78, 5) is 52.4. The van der Waals surface area contributed by atoms with Crippen LogP contribution in [0.15, 0.2) is 60.8 Å². The minimum atomic E-state index is -4.87. The van der Waals surface area contributed by atoms with E-state index in [0.717, 1.165) is 50.9 Å². The zero-order valence-electron chi connectivity index (χ0n) is 33.0. The Labute approximate surface area is 328 Å². The summed E-state index contributed by atoms with van der Waals surface area (Å²) >= 11 is 0. The molecule has 0 rings (SSSR count). The monoisotopic (exact) mass is 822 g/mol. The number of aliphatic hydroxyl groups excluding tert-OH is 2. The molecule has 55 heavy (non-hydrogen) atoms. The van der Waals surface area contributed by atoms with Crippen LogP contribution in [0.5, 0.6) is 0 Å². The highest BCUT2D eigenvalue weighted by Crippen LogP contribution is 2.43. The molecule has 0 aliphatic rings. The maximum absolute atomic E-state index is 12.6. The molecule has 318 valence electrons. The van der Waals surface area contributed by atoms with Gasteiger partial charge in [0.1, 0.15) is 12.7 Å². The van der Waals surface area contributed by atoms with E-state index >= 15 is 0 Å². The van der Waals surface area contributed by atoms with Gasteiger partial charge in [-0.2, -0.15) is 0 Å². The molecule has 5 N–H and O–H groups in total. The van der Waals surface area contributed by atoms with Gasteiger partial charge in [-0.1, -0.05) is 126 Å². The van der Waals surface area contributed by atoms with Crippen molar-refractivity contribution in [2.45, 2.75) is 142 Å². The van der Waals surface area contributed by atoms with E-state index in [4.69, 9.17) is 23.8 Å². The molecular formula is C39H68O14P2. The number of ether oxygens (including phenoxy) is 2. The lowest BCUT2D eigenvalue weighted by molar-refractivity contribution is -0.161. The Morgan fingerprint density at radius 1 is 0.636 bits per heavy atom. The molecule has 0 heterocycles. The Kier molecular flexibility index (Phi) is 32.5. The molecule has 0 fully saturated rings. The van der Waals surface area contributed by atoms with Gasteiger partial charge >= 0.3 is 27.6 Å². The van der Waals surface area contributed by atoms with Crippen molar-refractivity contribution in [3.05, 3.63) is 60.8 Å². The van der Waals surface area contributed by atoms with Crippen molar-refractivity contribution in [1.82, 2.24) is 0 Å². The molecule has 0 aliphatic heterocycles. The average molecular weight is 823 g/mol. The van der Waals surface area contributed by atoms with Crippen LogP contribution >= 0.6 is 15.6 Å². The lowest BCUT2D eigenvalue weighted by atomic mass is 10.00. The van der Waals surface area contributed by atoms with Gasteiger partial charge in [0.2, 0.25) is 0 Å². The van der Waals surface area contributed by atoms with Crippen LogP contribution in [0.3, 0.4) is 0 Å². The predicted octanol–water partition coefficient (Wildman–Crippen LogP) is 8.10. The van der Waals surface area contributed by atoms with E-state index in [9.17, 15) is 33.8 Å². The van der Waals surface area contributed by atoms with Crippen molar-refractivity contribution in [3.63, 3.8) is 0 Å². The zero-order valence-corrected chi connectivity index (χ0v) is 34.8. The molecule has 0 amide bonds. The predicted molar refractivity (Wildman–Crippen MR) is 213 cm³/mol. The smallest absolute Gasteiger partial charge is 0.462 e. The van der Waals surface area contributed by atoms with Gasteiger partial charge in [0, 0.05) is 12.8 Å². The first-order valence-corrected chi connectivity index (χ1v) is 22.5. The van der Waals surface area contributed by atoms with Crippen LogP contribution < -0.4 is 0 Å². The number of rotatable bonds is 35. The fourth-order valence-corrected chi connectivity index (χ4v) is 5.76. The Morgan fingerprint density at radius 3 is 1.84 bits per heavy atom. The molecule has 0 spiro atoms. The SMILES string of the molecule is CCC(C)CCCCCCCCC(=O)O[C@H](COC(=O)CCC/C=C\C/C=C\C/C=C\C/C=C\C=C\[C@@H](O)CC)COP(=O)(O)OC[C@@H](O)COP(=O)(O)O. The highest BCUT2D eigenvalue weighted by molar-refractivity contribution is 7.47.